The third-order valence-corrected chi connectivity index (χ3v) is 3.24. The first-order valence-electron chi connectivity index (χ1n) is 7.12. The molecule has 0 fully saturated rings. The maximum atomic E-state index is 5.48. The molecule has 3 heteroatoms. The molecule has 0 aliphatic heterocycles. The van der Waals surface area contributed by atoms with Crippen LogP contribution < -0.4 is 5.32 Å². The van der Waals surface area contributed by atoms with Crippen molar-refractivity contribution in [3.8, 4) is 0 Å². The summed E-state index contributed by atoms with van der Waals surface area (Å²) < 4.78 is 10.5. The Morgan fingerprint density at radius 1 is 1.16 bits per heavy atom. The predicted octanol–water partition coefficient (Wildman–Crippen LogP) is 2.74. The van der Waals surface area contributed by atoms with Gasteiger partial charge in [-0.25, -0.2) is 0 Å². The first-order valence-corrected chi connectivity index (χ1v) is 7.12. The van der Waals surface area contributed by atoms with E-state index in [0.29, 0.717) is 5.92 Å². The summed E-state index contributed by atoms with van der Waals surface area (Å²) in [4.78, 5) is 0. The van der Waals surface area contributed by atoms with Crippen molar-refractivity contribution in [2.24, 2.45) is 0 Å². The second-order valence-electron chi connectivity index (χ2n) is 4.79. The Bertz CT molecular complexity index is 324. The number of rotatable bonds is 10. The lowest BCUT2D eigenvalue weighted by Crippen LogP contribution is -2.25. The molecule has 1 rings (SSSR count). The summed E-state index contributed by atoms with van der Waals surface area (Å²) in [7, 11) is 1.73. The molecule has 1 N–H and O–H groups in total. The lowest BCUT2D eigenvalue weighted by molar-refractivity contribution is 0.138. The molecule has 1 unspecified atom stereocenters. The van der Waals surface area contributed by atoms with Crippen molar-refractivity contribution in [2.75, 3.05) is 40.0 Å². The number of methoxy groups -OCH3 is 1. The average Bonchev–Trinajstić information content (AvgIpc) is 2.43. The highest BCUT2D eigenvalue weighted by atomic mass is 16.5. The first-order chi connectivity index (χ1) is 9.27. The van der Waals surface area contributed by atoms with Gasteiger partial charge < -0.3 is 14.8 Å². The Morgan fingerprint density at radius 3 is 2.53 bits per heavy atom. The van der Waals surface area contributed by atoms with E-state index in [1.54, 1.807) is 7.11 Å². The van der Waals surface area contributed by atoms with Gasteiger partial charge in [0.15, 0.2) is 0 Å². The van der Waals surface area contributed by atoms with E-state index in [4.69, 9.17) is 9.47 Å². The Kier molecular flexibility index (Phi) is 8.47. The van der Waals surface area contributed by atoms with Gasteiger partial charge in [-0.2, -0.15) is 0 Å². The van der Waals surface area contributed by atoms with Gasteiger partial charge in [-0.1, -0.05) is 29.8 Å². The standard InChI is InChI=1S/C16H27NO2/c1-4-19-11-9-16(13-17-10-12-18-3)15-7-5-14(2)6-8-15/h5-8,16-17H,4,9-13H2,1-3H3. The first kappa shape index (κ1) is 16.2. The van der Waals surface area contributed by atoms with E-state index in [-0.39, 0.29) is 0 Å². The van der Waals surface area contributed by atoms with E-state index in [2.05, 4.69) is 36.5 Å². The summed E-state index contributed by atoms with van der Waals surface area (Å²) >= 11 is 0. The second-order valence-corrected chi connectivity index (χ2v) is 4.79. The van der Waals surface area contributed by atoms with Gasteiger partial charge in [-0.15, -0.1) is 0 Å². The minimum Gasteiger partial charge on any atom is -0.383 e. The monoisotopic (exact) mass is 265 g/mol. The molecule has 3 nitrogen and oxygen atoms in total. The summed E-state index contributed by atoms with van der Waals surface area (Å²) in [6.45, 7) is 8.39. The van der Waals surface area contributed by atoms with Crippen LogP contribution in [0.4, 0.5) is 0 Å². The summed E-state index contributed by atoms with van der Waals surface area (Å²) in [6, 6.07) is 8.81. The van der Waals surface area contributed by atoms with Crippen molar-refractivity contribution in [1.82, 2.24) is 5.32 Å². The zero-order valence-corrected chi connectivity index (χ0v) is 12.4. The van der Waals surface area contributed by atoms with Crippen LogP contribution in [0, 0.1) is 6.92 Å². The molecular formula is C16H27NO2. The third kappa shape index (κ3) is 6.71. The smallest absolute Gasteiger partial charge is 0.0587 e. The molecule has 0 bridgehead atoms. The van der Waals surface area contributed by atoms with Crippen LogP contribution in [0.5, 0.6) is 0 Å². The number of hydrogen-bond acceptors (Lipinski definition) is 3. The molecule has 1 aromatic rings. The van der Waals surface area contributed by atoms with E-state index in [1.807, 2.05) is 6.92 Å². The number of hydrogen-bond donors (Lipinski definition) is 1. The van der Waals surface area contributed by atoms with Gasteiger partial charge in [-0.05, 0) is 31.7 Å². The van der Waals surface area contributed by atoms with E-state index in [9.17, 15) is 0 Å². The summed E-state index contributed by atoms with van der Waals surface area (Å²) in [6.07, 6.45) is 1.05. The van der Waals surface area contributed by atoms with E-state index < -0.39 is 0 Å². The van der Waals surface area contributed by atoms with Gasteiger partial charge >= 0.3 is 0 Å². The minimum atomic E-state index is 0.504. The number of aryl methyl sites for hydroxylation is 1. The highest BCUT2D eigenvalue weighted by Crippen LogP contribution is 2.19. The molecule has 19 heavy (non-hydrogen) atoms. The van der Waals surface area contributed by atoms with Crippen molar-refractivity contribution in [2.45, 2.75) is 26.2 Å². The molecule has 1 aromatic carbocycles. The summed E-state index contributed by atoms with van der Waals surface area (Å²) in [5.74, 6) is 0.504. The average molecular weight is 265 g/mol. The molecule has 0 saturated heterocycles. The molecule has 108 valence electrons. The molecule has 0 aromatic heterocycles. The fourth-order valence-corrected chi connectivity index (χ4v) is 2.05. The second kappa shape index (κ2) is 9.96. The largest absolute Gasteiger partial charge is 0.383 e. The topological polar surface area (TPSA) is 30.5 Å². The van der Waals surface area contributed by atoms with Crippen molar-refractivity contribution < 1.29 is 9.47 Å². The van der Waals surface area contributed by atoms with Gasteiger partial charge in [0.05, 0.1) is 6.61 Å². The molecule has 1 atom stereocenters. The summed E-state index contributed by atoms with van der Waals surface area (Å²) in [5.41, 5.74) is 2.69. The normalized spacial score (nSPS) is 12.6. The minimum absolute atomic E-state index is 0.504. The Morgan fingerprint density at radius 2 is 1.89 bits per heavy atom. The predicted molar refractivity (Wildman–Crippen MR) is 79.8 cm³/mol. The van der Waals surface area contributed by atoms with Crippen LogP contribution in [-0.2, 0) is 9.47 Å². The van der Waals surface area contributed by atoms with Crippen molar-refractivity contribution >= 4 is 0 Å². The van der Waals surface area contributed by atoms with Crippen molar-refractivity contribution in [3.05, 3.63) is 35.4 Å². The molecule has 0 amide bonds. The zero-order valence-electron chi connectivity index (χ0n) is 12.4. The van der Waals surface area contributed by atoms with Gasteiger partial charge in [0, 0.05) is 33.4 Å². The van der Waals surface area contributed by atoms with Crippen LogP contribution in [0.25, 0.3) is 0 Å². The van der Waals surface area contributed by atoms with Crippen LogP contribution in [0.3, 0.4) is 0 Å². The van der Waals surface area contributed by atoms with Crippen LogP contribution in [0.2, 0.25) is 0 Å². The van der Waals surface area contributed by atoms with Gasteiger partial charge in [-0.3, -0.25) is 0 Å². The fourth-order valence-electron chi connectivity index (χ4n) is 2.05. The fraction of sp³-hybridized carbons (Fsp3) is 0.625. The van der Waals surface area contributed by atoms with Crippen LogP contribution in [0.1, 0.15) is 30.4 Å². The van der Waals surface area contributed by atoms with Crippen LogP contribution >= 0.6 is 0 Å². The highest BCUT2D eigenvalue weighted by molar-refractivity contribution is 5.24. The summed E-state index contributed by atoms with van der Waals surface area (Å²) in [5, 5.41) is 3.45. The molecule has 0 radical (unpaired) electrons. The molecule has 0 heterocycles. The van der Waals surface area contributed by atoms with Gasteiger partial charge in [0.2, 0.25) is 0 Å². The Labute approximate surface area is 117 Å². The zero-order chi connectivity index (χ0) is 13.9. The Hall–Kier alpha value is -0.900. The Balaban J connectivity index is 2.49. The van der Waals surface area contributed by atoms with E-state index in [1.165, 1.54) is 11.1 Å². The van der Waals surface area contributed by atoms with Crippen LogP contribution in [-0.4, -0.2) is 40.0 Å². The van der Waals surface area contributed by atoms with E-state index >= 15 is 0 Å². The maximum absolute atomic E-state index is 5.48. The maximum Gasteiger partial charge on any atom is 0.0587 e. The van der Waals surface area contributed by atoms with Gasteiger partial charge in [0.25, 0.3) is 0 Å². The van der Waals surface area contributed by atoms with E-state index in [0.717, 1.165) is 39.3 Å². The van der Waals surface area contributed by atoms with Crippen LogP contribution in [0.15, 0.2) is 24.3 Å². The number of nitrogens with one attached hydrogen (secondary N) is 1. The SMILES string of the molecule is CCOCCC(CNCCOC)c1ccc(C)cc1. The molecule has 0 saturated carbocycles. The van der Waals surface area contributed by atoms with Crippen molar-refractivity contribution in [1.29, 1.82) is 0 Å². The van der Waals surface area contributed by atoms with Crippen molar-refractivity contribution in [3.63, 3.8) is 0 Å². The lowest BCUT2D eigenvalue weighted by atomic mass is 9.95. The van der Waals surface area contributed by atoms with Gasteiger partial charge in [0.1, 0.15) is 0 Å². The number of benzene rings is 1. The molecule has 0 aliphatic carbocycles. The molecule has 0 spiro atoms. The third-order valence-electron chi connectivity index (χ3n) is 3.24. The molecule has 0 aliphatic rings. The quantitative estimate of drug-likeness (QED) is 0.660. The number of ether oxygens (including phenoxy) is 2. The molecular weight excluding hydrogens is 238 g/mol. The lowest BCUT2D eigenvalue weighted by Gasteiger charge is -2.18. The highest BCUT2D eigenvalue weighted by Gasteiger charge is 2.11.